The Balaban J connectivity index is 2.12. The van der Waals surface area contributed by atoms with Gasteiger partial charge in [0, 0.05) is 16.0 Å². The van der Waals surface area contributed by atoms with E-state index in [1.54, 1.807) is 0 Å². The Morgan fingerprint density at radius 2 is 1.27 bits per heavy atom. The van der Waals surface area contributed by atoms with Gasteiger partial charge in [0.05, 0.1) is 22.2 Å². The van der Waals surface area contributed by atoms with Crippen molar-refractivity contribution in [3.05, 3.63) is 90.6 Å². The molecule has 4 heteroatoms. The van der Waals surface area contributed by atoms with E-state index in [4.69, 9.17) is 10.7 Å². The molecular weight excluding hydrogens is 339 g/mol. The molecule has 1 aromatic heterocycles. The van der Waals surface area contributed by atoms with Gasteiger partial charge in [-0.2, -0.15) is 0 Å². The first-order valence-corrected chi connectivity index (χ1v) is 10.2. The van der Waals surface area contributed by atoms with E-state index >= 15 is 0 Å². The van der Waals surface area contributed by atoms with Gasteiger partial charge >= 0.3 is 0 Å². The summed E-state index contributed by atoms with van der Waals surface area (Å²) in [4.78, 5) is 4.70. The maximum Gasteiger partial charge on any atom is 0.174 e. The number of anilines is 1. The van der Waals surface area contributed by atoms with Gasteiger partial charge in [0.25, 0.3) is 0 Å². The van der Waals surface area contributed by atoms with Gasteiger partial charge in [0.1, 0.15) is 0 Å². The van der Waals surface area contributed by atoms with Crippen molar-refractivity contribution < 1.29 is 4.57 Å². The minimum atomic E-state index is -3.14. The molecule has 0 aliphatic heterocycles. The zero-order valence-electron chi connectivity index (χ0n) is 14.5. The summed E-state index contributed by atoms with van der Waals surface area (Å²) in [6.07, 6.45) is 0. The first-order chi connectivity index (χ1) is 12.6. The molecule has 1 heterocycles. The van der Waals surface area contributed by atoms with Crippen LogP contribution in [0.4, 0.5) is 5.69 Å². The molecule has 2 N–H and O–H groups in total. The molecule has 0 aliphatic rings. The number of nitrogens with two attached hydrogens (primary N) is 1. The van der Waals surface area contributed by atoms with Crippen molar-refractivity contribution in [2.45, 2.75) is 6.92 Å². The zero-order chi connectivity index (χ0) is 18.1. The van der Waals surface area contributed by atoms with Crippen molar-refractivity contribution in [3.63, 3.8) is 0 Å². The summed E-state index contributed by atoms with van der Waals surface area (Å²) in [5, 5.41) is 2.99. The number of hydrogen-bond acceptors (Lipinski definition) is 3. The highest BCUT2D eigenvalue weighted by Gasteiger charge is 2.34. The average molecular weight is 358 g/mol. The van der Waals surface area contributed by atoms with Crippen LogP contribution in [0.3, 0.4) is 0 Å². The van der Waals surface area contributed by atoms with Crippen LogP contribution in [0.15, 0.2) is 84.9 Å². The number of para-hydroxylation sites is 1. The Labute approximate surface area is 152 Å². The van der Waals surface area contributed by atoms with Crippen LogP contribution < -0.4 is 21.6 Å². The van der Waals surface area contributed by atoms with Crippen LogP contribution in [0.25, 0.3) is 10.9 Å². The summed E-state index contributed by atoms with van der Waals surface area (Å²) in [6, 6.07) is 26.8. The lowest BCUT2D eigenvalue weighted by molar-refractivity contribution is 0.592. The zero-order valence-corrected chi connectivity index (χ0v) is 15.4. The third kappa shape index (κ3) is 2.53. The molecule has 0 saturated heterocycles. The lowest BCUT2D eigenvalue weighted by atomic mass is 10.1. The highest BCUT2D eigenvalue weighted by atomic mass is 31.2. The highest BCUT2D eigenvalue weighted by molar-refractivity contribution is 7.85. The van der Waals surface area contributed by atoms with Crippen LogP contribution in [0, 0.1) is 6.92 Å². The van der Waals surface area contributed by atoms with Crippen LogP contribution >= 0.6 is 7.14 Å². The fraction of sp³-hybridized carbons (Fsp3) is 0.0455. The summed E-state index contributed by atoms with van der Waals surface area (Å²) in [6.45, 7) is 1.89. The molecule has 0 saturated carbocycles. The van der Waals surface area contributed by atoms with E-state index in [1.165, 1.54) is 0 Å². The summed E-state index contributed by atoms with van der Waals surface area (Å²) >= 11 is 0. The second-order valence-electron chi connectivity index (χ2n) is 6.26. The number of rotatable bonds is 3. The molecule has 0 unspecified atom stereocenters. The predicted molar refractivity (Wildman–Crippen MR) is 110 cm³/mol. The van der Waals surface area contributed by atoms with Gasteiger partial charge in [-0.25, -0.2) is 0 Å². The Hall–Kier alpha value is -2.90. The largest absolute Gasteiger partial charge is 0.397 e. The van der Waals surface area contributed by atoms with Gasteiger partial charge in [0.15, 0.2) is 7.14 Å². The maximum atomic E-state index is 14.6. The van der Waals surface area contributed by atoms with Crippen molar-refractivity contribution in [2.24, 2.45) is 0 Å². The SMILES string of the molecule is Cc1nc2ccccc2c(N)c1P(=O)(c1ccccc1)c1ccccc1. The fourth-order valence-corrected chi connectivity index (χ4v) is 6.40. The minimum absolute atomic E-state index is 0.545. The molecule has 128 valence electrons. The number of aromatic nitrogens is 1. The number of hydrogen-bond donors (Lipinski definition) is 1. The van der Waals surface area contributed by atoms with Crippen molar-refractivity contribution in [1.82, 2.24) is 4.98 Å². The third-order valence-electron chi connectivity index (χ3n) is 4.63. The van der Waals surface area contributed by atoms with E-state index in [9.17, 15) is 4.57 Å². The number of nitrogen functional groups attached to an aromatic ring is 1. The molecule has 0 aliphatic carbocycles. The Morgan fingerprint density at radius 1 is 0.769 bits per heavy atom. The fourth-order valence-electron chi connectivity index (χ4n) is 3.44. The smallest absolute Gasteiger partial charge is 0.174 e. The molecule has 4 aromatic rings. The maximum absolute atomic E-state index is 14.6. The van der Waals surface area contributed by atoms with Crippen molar-refractivity contribution in [3.8, 4) is 0 Å². The molecule has 0 amide bonds. The Morgan fingerprint density at radius 3 is 1.85 bits per heavy atom. The number of pyridine rings is 1. The summed E-state index contributed by atoms with van der Waals surface area (Å²) in [7, 11) is -3.14. The Kier molecular flexibility index (Phi) is 4.10. The summed E-state index contributed by atoms with van der Waals surface area (Å²) < 4.78 is 14.6. The van der Waals surface area contributed by atoms with E-state index in [1.807, 2.05) is 91.9 Å². The molecule has 0 bridgehead atoms. The lowest BCUT2D eigenvalue weighted by Gasteiger charge is -2.23. The van der Waals surface area contributed by atoms with Crippen LogP contribution in [-0.4, -0.2) is 4.98 Å². The van der Waals surface area contributed by atoms with Crippen molar-refractivity contribution in [1.29, 1.82) is 0 Å². The molecule has 4 rings (SSSR count). The van der Waals surface area contributed by atoms with E-state index in [-0.39, 0.29) is 0 Å². The molecular formula is C22H19N2OP. The van der Waals surface area contributed by atoms with Gasteiger partial charge in [-0.1, -0.05) is 78.9 Å². The molecule has 0 fully saturated rings. The lowest BCUT2D eigenvalue weighted by Crippen LogP contribution is -2.29. The number of fused-ring (bicyclic) bond motifs is 1. The summed E-state index contributed by atoms with van der Waals surface area (Å²) in [5.74, 6) is 0. The van der Waals surface area contributed by atoms with E-state index in [0.29, 0.717) is 16.7 Å². The quantitative estimate of drug-likeness (QED) is 0.567. The van der Waals surface area contributed by atoms with Crippen LogP contribution in [0.1, 0.15) is 5.69 Å². The molecule has 0 spiro atoms. The Bertz CT molecular complexity index is 1080. The van der Waals surface area contributed by atoms with Gasteiger partial charge in [-0.15, -0.1) is 0 Å². The molecule has 3 aromatic carbocycles. The van der Waals surface area contributed by atoms with E-state index in [0.717, 1.165) is 21.5 Å². The minimum Gasteiger partial charge on any atom is -0.397 e. The topological polar surface area (TPSA) is 56.0 Å². The number of nitrogens with zero attached hydrogens (tertiary/aromatic N) is 1. The average Bonchev–Trinajstić information content (AvgIpc) is 2.69. The van der Waals surface area contributed by atoms with Crippen molar-refractivity contribution in [2.75, 3.05) is 5.73 Å². The first kappa shape index (κ1) is 16.6. The van der Waals surface area contributed by atoms with E-state index < -0.39 is 7.14 Å². The second-order valence-corrected chi connectivity index (χ2v) is 8.96. The van der Waals surface area contributed by atoms with Crippen molar-refractivity contribution >= 4 is 39.6 Å². The normalized spacial score (nSPS) is 11.6. The summed E-state index contributed by atoms with van der Waals surface area (Å²) in [5.41, 5.74) is 8.64. The van der Waals surface area contributed by atoms with Crippen LogP contribution in [0.5, 0.6) is 0 Å². The first-order valence-electron chi connectivity index (χ1n) is 8.49. The van der Waals surface area contributed by atoms with E-state index in [2.05, 4.69) is 0 Å². The monoisotopic (exact) mass is 358 g/mol. The van der Waals surface area contributed by atoms with Gasteiger partial charge < -0.3 is 10.3 Å². The number of benzene rings is 3. The van der Waals surface area contributed by atoms with Crippen LogP contribution in [0.2, 0.25) is 0 Å². The van der Waals surface area contributed by atoms with Crippen LogP contribution in [-0.2, 0) is 4.57 Å². The number of aryl methyl sites for hydroxylation is 1. The van der Waals surface area contributed by atoms with Gasteiger partial charge in [-0.05, 0) is 13.0 Å². The second kappa shape index (κ2) is 6.44. The third-order valence-corrected chi connectivity index (χ3v) is 7.88. The highest BCUT2D eigenvalue weighted by Crippen LogP contribution is 2.45. The van der Waals surface area contributed by atoms with Gasteiger partial charge in [0.2, 0.25) is 0 Å². The predicted octanol–water partition coefficient (Wildman–Crippen LogP) is 3.76. The molecule has 0 radical (unpaired) electrons. The molecule has 0 atom stereocenters. The standard InChI is InChI=1S/C22H19N2OP/c1-16-22(21(23)19-14-8-9-15-20(19)24-16)26(25,17-10-4-2-5-11-17)18-12-6-3-7-13-18/h2-15H,1H3,(H2,23,24). The van der Waals surface area contributed by atoms with Gasteiger partial charge in [-0.3, -0.25) is 4.98 Å². The molecule has 26 heavy (non-hydrogen) atoms. The molecule has 3 nitrogen and oxygen atoms in total.